The Hall–Kier alpha value is -3.80. The van der Waals surface area contributed by atoms with Gasteiger partial charge in [0, 0.05) is 34.0 Å². The Balaban J connectivity index is 1.57. The SMILES string of the molecule is COc1cc(F)ccc1-c1nncc2cc(-c3cc(C(=O)NC4CC4)ccc3C)ccc12. The molecular weight excluding hydrogens is 405 g/mol. The molecule has 32 heavy (non-hydrogen) atoms. The third-order valence-electron chi connectivity index (χ3n) is 5.80. The van der Waals surface area contributed by atoms with Gasteiger partial charge in [-0.25, -0.2) is 4.39 Å². The predicted molar refractivity (Wildman–Crippen MR) is 122 cm³/mol. The van der Waals surface area contributed by atoms with Crippen LogP contribution in [0.2, 0.25) is 0 Å². The van der Waals surface area contributed by atoms with Gasteiger partial charge in [-0.05, 0) is 66.8 Å². The second kappa shape index (κ2) is 8.04. The molecule has 0 bridgehead atoms. The summed E-state index contributed by atoms with van der Waals surface area (Å²) in [5.74, 6) is -0.00523. The van der Waals surface area contributed by atoms with E-state index in [0.717, 1.165) is 40.3 Å². The Labute approximate surface area is 185 Å². The summed E-state index contributed by atoms with van der Waals surface area (Å²) >= 11 is 0. The molecule has 1 heterocycles. The van der Waals surface area contributed by atoms with Gasteiger partial charge in [-0.1, -0.05) is 18.2 Å². The number of halogens is 1. The van der Waals surface area contributed by atoms with E-state index in [4.69, 9.17) is 4.74 Å². The number of fused-ring (bicyclic) bond motifs is 1. The van der Waals surface area contributed by atoms with E-state index in [1.807, 2.05) is 43.3 Å². The van der Waals surface area contributed by atoms with Crippen LogP contribution in [0.4, 0.5) is 4.39 Å². The summed E-state index contributed by atoms with van der Waals surface area (Å²) in [6.45, 7) is 2.03. The summed E-state index contributed by atoms with van der Waals surface area (Å²) in [6.07, 6.45) is 3.81. The van der Waals surface area contributed by atoms with E-state index in [2.05, 4.69) is 15.5 Å². The molecule has 1 fully saturated rings. The highest BCUT2D eigenvalue weighted by atomic mass is 19.1. The lowest BCUT2D eigenvalue weighted by atomic mass is 9.95. The van der Waals surface area contributed by atoms with Crippen molar-refractivity contribution in [1.82, 2.24) is 15.5 Å². The lowest BCUT2D eigenvalue weighted by molar-refractivity contribution is 0.0951. The molecule has 160 valence electrons. The fourth-order valence-electron chi connectivity index (χ4n) is 3.89. The van der Waals surface area contributed by atoms with E-state index in [1.54, 1.807) is 12.3 Å². The second-order valence-electron chi connectivity index (χ2n) is 8.12. The number of methoxy groups -OCH3 is 1. The largest absolute Gasteiger partial charge is 0.496 e. The van der Waals surface area contributed by atoms with Gasteiger partial charge in [0.2, 0.25) is 0 Å². The molecule has 5 rings (SSSR count). The number of nitrogens with one attached hydrogen (secondary N) is 1. The first kappa shape index (κ1) is 20.1. The Morgan fingerprint density at radius 1 is 1.06 bits per heavy atom. The molecule has 0 aliphatic heterocycles. The Kier molecular flexibility index (Phi) is 5.05. The van der Waals surface area contributed by atoms with E-state index in [1.165, 1.54) is 19.2 Å². The van der Waals surface area contributed by atoms with Crippen molar-refractivity contribution in [3.63, 3.8) is 0 Å². The highest BCUT2D eigenvalue weighted by Crippen LogP contribution is 2.35. The molecule has 1 N–H and O–H groups in total. The number of hydrogen-bond acceptors (Lipinski definition) is 4. The molecule has 0 unspecified atom stereocenters. The highest BCUT2D eigenvalue weighted by Gasteiger charge is 2.24. The number of rotatable bonds is 5. The zero-order valence-corrected chi connectivity index (χ0v) is 17.9. The number of ether oxygens (including phenoxy) is 1. The molecule has 1 saturated carbocycles. The standard InChI is InChI=1S/C26H22FN3O2/c1-15-3-4-17(26(31)29-20-7-8-20)12-23(15)16-5-9-21-18(11-16)14-28-30-25(21)22-10-6-19(27)13-24(22)32-2/h3-6,9-14,20H,7-8H2,1-2H3,(H,29,31). The Bertz CT molecular complexity index is 1350. The van der Waals surface area contributed by atoms with Gasteiger partial charge in [-0.15, -0.1) is 5.10 Å². The van der Waals surface area contributed by atoms with Crippen LogP contribution >= 0.6 is 0 Å². The van der Waals surface area contributed by atoms with Gasteiger partial charge in [0.15, 0.2) is 0 Å². The topological polar surface area (TPSA) is 64.1 Å². The molecule has 4 aromatic rings. The second-order valence-corrected chi connectivity index (χ2v) is 8.12. The van der Waals surface area contributed by atoms with Crippen LogP contribution in [0.5, 0.6) is 5.75 Å². The third-order valence-corrected chi connectivity index (χ3v) is 5.80. The van der Waals surface area contributed by atoms with Crippen molar-refractivity contribution < 1.29 is 13.9 Å². The smallest absolute Gasteiger partial charge is 0.251 e. The van der Waals surface area contributed by atoms with Crippen LogP contribution in [0.3, 0.4) is 0 Å². The van der Waals surface area contributed by atoms with Crippen molar-refractivity contribution in [2.75, 3.05) is 7.11 Å². The van der Waals surface area contributed by atoms with E-state index in [-0.39, 0.29) is 11.7 Å². The van der Waals surface area contributed by atoms with Crippen LogP contribution < -0.4 is 10.1 Å². The monoisotopic (exact) mass is 427 g/mol. The number of carbonyl (C=O) groups excluding carboxylic acids is 1. The van der Waals surface area contributed by atoms with Gasteiger partial charge in [0.25, 0.3) is 5.91 Å². The maximum Gasteiger partial charge on any atom is 0.251 e. The zero-order chi connectivity index (χ0) is 22.2. The van der Waals surface area contributed by atoms with Crippen molar-refractivity contribution >= 4 is 16.7 Å². The molecule has 0 radical (unpaired) electrons. The normalized spacial score (nSPS) is 13.2. The molecule has 1 amide bonds. The quantitative estimate of drug-likeness (QED) is 0.469. The molecule has 1 aliphatic carbocycles. The number of aryl methyl sites for hydroxylation is 1. The zero-order valence-electron chi connectivity index (χ0n) is 17.9. The van der Waals surface area contributed by atoms with Gasteiger partial charge in [0.05, 0.1) is 13.3 Å². The van der Waals surface area contributed by atoms with Crippen LogP contribution in [0.25, 0.3) is 33.2 Å². The number of nitrogens with zero attached hydrogens (tertiary/aromatic N) is 2. The molecule has 3 aromatic carbocycles. The first-order valence-corrected chi connectivity index (χ1v) is 10.5. The predicted octanol–water partition coefficient (Wildman–Crippen LogP) is 5.31. The fraction of sp³-hybridized carbons (Fsp3) is 0.192. The summed E-state index contributed by atoms with van der Waals surface area (Å²) in [5, 5.41) is 13.3. The number of aromatic nitrogens is 2. The van der Waals surface area contributed by atoms with Crippen molar-refractivity contribution in [3.05, 3.63) is 77.7 Å². The average molecular weight is 427 g/mol. The van der Waals surface area contributed by atoms with Crippen molar-refractivity contribution in [1.29, 1.82) is 0 Å². The lowest BCUT2D eigenvalue weighted by Gasteiger charge is -2.12. The van der Waals surface area contributed by atoms with E-state index in [9.17, 15) is 9.18 Å². The van der Waals surface area contributed by atoms with E-state index >= 15 is 0 Å². The number of amides is 1. The van der Waals surface area contributed by atoms with Crippen molar-refractivity contribution in [2.24, 2.45) is 0 Å². The summed E-state index contributed by atoms with van der Waals surface area (Å²) in [6, 6.07) is 16.5. The van der Waals surface area contributed by atoms with Crippen molar-refractivity contribution in [2.45, 2.75) is 25.8 Å². The minimum absolute atomic E-state index is 0.0360. The minimum Gasteiger partial charge on any atom is -0.496 e. The van der Waals surface area contributed by atoms with E-state index in [0.29, 0.717) is 28.6 Å². The van der Waals surface area contributed by atoms with Crippen LogP contribution in [0.1, 0.15) is 28.8 Å². The van der Waals surface area contributed by atoms with Crippen LogP contribution in [0.15, 0.2) is 60.8 Å². The van der Waals surface area contributed by atoms with Gasteiger partial charge < -0.3 is 10.1 Å². The maximum absolute atomic E-state index is 13.7. The minimum atomic E-state index is -0.373. The Morgan fingerprint density at radius 2 is 1.91 bits per heavy atom. The van der Waals surface area contributed by atoms with Crippen LogP contribution in [-0.2, 0) is 0 Å². The number of hydrogen-bond donors (Lipinski definition) is 1. The molecule has 0 saturated heterocycles. The van der Waals surface area contributed by atoms with Crippen LogP contribution in [-0.4, -0.2) is 29.3 Å². The molecule has 6 heteroatoms. The average Bonchev–Trinajstić information content (AvgIpc) is 3.62. The van der Waals surface area contributed by atoms with Crippen molar-refractivity contribution in [3.8, 4) is 28.1 Å². The summed E-state index contributed by atoms with van der Waals surface area (Å²) in [7, 11) is 1.50. The van der Waals surface area contributed by atoms with Gasteiger partial charge in [-0.3, -0.25) is 4.79 Å². The number of carbonyl (C=O) groups is 1. The number of benzene rings is 3. The summed E-state index contributed by atoms with van der Waals surface area (Å²) in [5.41, 5.74) is 5.01. The van der Waals surface area contributed by atoms with Gasteiger partial charge in [0.1, 0.15) is 17.3 Å². The first-order chi connectivity index (χ1) is 15.5. The fourth-order valence-corrected chi connectivity index (χ4v) is 3.89. The summed E-state index contributed by atoms with van der Waals surface area (Å²) < 4.78 is 19.0. The highest BCUT2D eigenvalue weighted by molar-refractivity contribution is 5.99. The third kappa shape index (κ3) is 3.80. The molecular formula is C26H22FN3O2. The summed E-state index contributed by atoms with van der Waals surface area (Å²) in [4.78, 5) is 12.5. The molecule has 0 spiro atoms. The van der Waals surface area contributed by atoms with Gasteiger partial charge >= 0.3 is 0 Å². The van der Waals surface area contributed by atoms with Gasteiger partial charge in [-0.2, -0.15) is 5.10 Å². The van der Waals surface area contributed by atoms with Crippen LogP contribution in [0, 0.1) is 12.7 Å². The molecule has 1 aromatic heterocycles. The molecule has 0 atom stereocenters. The molecule has 1 aliphatic rings. The lowest BCUT2D eigenvalue weighted by Crippen LogP contribution is -2.25. The molecule has 5 nitrogen and oxygen atoms in total. The Morgan fingerprint density at radius 3 is 2.69 bits per heavy atom. The maximum atomic E-state index is 13.7. The first-order valence-electron chi connectivity index (χ1n) is 10.5. The van der Waals surface area contributed by atoms with E-state index < -0.39 is 0 Å².